The zero-order chi connectivity index (χ0) is 13.9. The number of likely N-dealkylation sites (N-methyl/N-ethyl adjacent to an activating group) is 1. The Labute approximate surface area is 120 Å². The number of rotatable bonds is 5. The van der Waals surface area contributed by atoms with E-state index in [2.05, 4.69) is 37.9 Å². The molecule has 0 bridgehead atoms. The average Bonchev–Trinajstić information content (AvgIpc) is 2.68. The monoisotopic (exact) mass is 266 g/mol. The van der Waals surface area contributed by atoms with Crippen LogP contribution in [0.4, 0.5) is 0 Å². The van der Waals surface area contributed by atoms with Gasteiger partial charge in [0.1, 0.15) is 0 Å². The van der Waals surface area contributed by atoms with E-state index in [0.717, 1.165) is 18.5 Å². The number of likely N-dealkylation sites (tertiary alicyclic amines) is 1. The summed E-state index contributed by atoms with van der Waals surface area (Å²) in [7, 11) is 0. The highest BCUT2D eigenvalue weighted by Crippen LogP contribution is 2.41. The first-order chi connectivity index (χ1) is 9.08. The van der Waals surface area contributed by atoms with Gasteiger partial charge in [-0.2, -0.15) is 0 Å². The molecule has 0 aromatic carbocycles. The molecule has 1 aliphatic carbocycles. The minimum absolute atomic E-state index is 0.473. The lowest BCUT2D eigenvalue weighted by Crippen LogP contribution is -2.53. The van der Waals surface area contributed by atoms with Gasteiger partial charge in [-0.05, 0) is 56.7 Å². The van der Waals surface area contributed by atoms with Gasteiger partial charge < -0.3 is 5.32 Å². The highest BCUT2D eigenvalue weighted by Gasteiger charge is 2.44. The number of nitrogens with one attached hydrogen (secondary N) is 1. The summed E-state index contributed by atoms with van der Waals surface area (Å²) < 4.78 is 0. The van der Waals surface area contributed by atoms with Crippen molar-refractivity contribution >= 4 is 0 Å². The van der Waals surface area contributed by atoms with Crippen LogP contribution >= 0.6 is 0 Å². The molecule has 0 radical (unpaired) electrons. The van der Waals surface area contributed by atoms with Crippen LogP contribution in [0.2, 0.25) is 0 Å². The van der Waals surface area contributed by atoms with E-state index in [4.69, 9.17) is 0 Å². The highest BCUT2D eigenvalue weighted by molar-refractivity contribution is 5.01. The molecule has 2 aliphatic rings. The molecule has 0 aromatic heterocycles. The third-order valence-electron chi connectivity index (χ3n) is 5.55. The van der Waals surface area contributed by atoms with Crippen molar-refractivity contribution in [3.05, 3.63) is 0 Å². The van der Waals surface area contributed by atoms with E-state index < -0.39 is 0 Å². The fourth-order valence-corrected chi connectivity index (χ4v) is 4.37. The first kappa shape index (κ1) is 15.3. The van der Waals surface area contributed by atoms with Crippen LogP contribution in [0.15, 0.2) is 0 Å². The number of hydrogen-bond donors (Lipinski definition) is 1. The number of nitrogens with zero attached hydrogens (tertiary/aromatic N) is 1. The van der Waals surface area contributed by atoms with E-state index in [1.165, 1.54) is 51.6 Å². The molecule has 2 nitrogen and oxygen atoms in total. The molecule has 19 heavy (non-hydrogen) atoms. The fourth-order valence-electron chi connectivity index (χ4n) is 4.37. The predicted octanol–water partition coefficient (Wildman–Crippen LogP) is 3.67. The smallest absolute Gasteiger partial charge is 0.0274 e. The zero-order valence-electron chi connectivity index (χ0n) is 13.5. The summed E-state index contributed by atoms with van der Waals surface area (Å²) in [5.41, 5.74) is 0.473. The summed E-state index contributed by atoms with van der Waals surface area (Å²) in [5.74, 6) is 1.01. The van der Waals surface area contributed by atoms with Crippen molar-refractivity contribution in [3.63, 3.8) is 0 Å². The van der Waals surface area contributed by atoms with Crippen LogP contribution in [0.25, 0.3) is 0 Å². The Morgan fingerprint density at radius 3 is 2.37 bits per heavy atom. The van der Waals surface area contributed by atoms with Crippen LogP contribution < -0.4 is 5.32 Å². The Morgan fingerprint density at radius 2 is 1.79 bits per heavy atom. The Balaban J connectivity index is 1.91. The van der Waals surface area contributed by atoms with Crippen molar-refractivity contribution in [2.24, 2.45) is 11.3 Å². The molecule has 0 amide bonds. The first-order valence-corrected chi connectivity index (χ1v) is 8.56. The van der Waals surface area contributed by atoms with Crippen molar-refractivity contribution in [3.8, 4) is 0 Å². The molecular formula is C17H34N2. The van der Waals surface area contributed by atoms with Gasteiger partial charge in [-0.1, -0.05) is 40.5 Å². The lowest BCUT2D eigenvalue weighted by molar-refractivity contribution is 0.0997. The number of piperidine rings is 1. The molecule has 0 aromatic rings. The first-order valence-electron chi connectivity index (χ1n) is 8.56. The predicted molar refractivity (Wildman–Crippen MR) is 83.5 cm³/mol. The Bertz CT molecular complexity index is 266. The van der Waals surface area contributed by atoms with Crippen molar-refractivity contribution in [2.45, 2.75) is 78.3 Å². The van der Waals surface area contributed by atoms with Crippen molar-refractivity contribution in [1.82, 2.24) is 10.2 Å². The topological polar surface area (TPSA) is 15.3 Å². The minimum atomic E-state index is 0.473. The zero-order valence-corrected chi connectivity index (χ0v) is 13.5. The van der Waals surface area contributed by atoms with Gasteiger partial charge in [0.2, 0.25) is 0 Å². The molecular weight excluding hydrogens is 232 g/mol. The summed E-state index contributed by atoms with van der Waals surface area (Å²) in [6.45, 7) is 13.3. The van der Waals surface area contributed by atoms with Crippen LogP contribution in [-0.4, -0.2) is 36.6 Å². The summed E-state index contributed by atoms with van der Waals surface area (Å²) >= 11 is 0. The summed E-state index contributed by atoms with van der Waals surface area (Å²) in [4.78, 5) is 2.80. The summed E-state index contributed by atoms with van der Waals surface area (Å²) in [6, 6.07) is 1.48. The van der Waals surface area contributed by atoms with Gasteiger partial charge >= 0.3 is 0 Å². The third-order valence-corrected chi connectivity index (χ3v) is 5.55. The highest BCUT2D eigenvalue weighted by atomic mass is 15.2. The molecule has 1 heterocycles. The number of hydrogen-bond acceptors (Lipinski definition) is 2. The molecule has 2 heteroatoms. The average molecular weight is 266 g/mol. The Hall–Kier alpha value is -0.0800. The van der Waals surface area contributed by atoms with Gasteiger partial charge in [0.25, 0.3) is 0 Å². The minimum Gasteiger partial charge on any atom is -0.312 e. The molecule has 0 spiro atoms. The maximum Gasteiger partial charge on any atom is 0.0274 e. The fraction of sp³-hybridized carbons (Fsp3) is 1.00. The normalized spacial score (nSPS) is 32.8. The van der Waals surface area contributed by atoms with Crippen LogP contribution in [0.1, 0.15) is 66.2 Å². The van der Waals surface area contributed by atoms with E-state index in [-0.39, 0.29) is 0 Å². The molecule has 2 fully saturated rings. The van der Waals surface area contributed by atoms with E-state index in [0.29, 0.717) is 11.5 Å². The van der Waals surface area contributed by atoms with Gasteiger partial charge in [-0.25, -0.2) is 0 Å². The van der Waals surface area contributed by atoms with E-state index >= 15 is 0 Å². The molecule has 2 unspecified atom stereocenters. The van der Waals surface area contributed by atoms with Crippen molar-refractivity contribution in [1.29, 1.82) is 0 Å². The lowest BCUT2D eigenvalue weighted by atomic mass is 9.85. The second-order valence-corrected chi connectivity index (χ2v) is 7.40. The molecule has 2 atom stereocenters. The lowest BCUT2D eigenvalue weighted by Gasteiger charge is -2.41. The maximum atomic E-state index is 3.78. The van der Waals surface area contributed by atoms with Gasteiger partial charge in [-0.15, -0.1) is 0 Å². The molecule has 1 saturated carbocycles. The molecule has 2 rings (SSSR count). The Morgan fingerprint density at radius 1 is 1.11 bits per heavy atom. The van der Waals surface area contributed by atoms with Gasteiger partial charge in [0.05, 0.1) is 0 Å². The SMILES string of the molecule is CCCC1CCN(C2CCC(C)(C)C2NCC)CC1. The van der Waals surface area contributed by atoms with Gasteiger partial charge in [0, 0.05) is 12.1 Å². The van der Waals surface area contributed by atoms with Crippen LogP contribution in [0, 0.1) is 11.3 Å². The molecule has 1 aliphatic heterocycles. The van der Waals surface area contributed by atoms with Gasteiger partial charge in [0.15, 0.2) is 0 Å². The Kier molecular flexibility index (Phi) is 5.30. The quantitative estimate of drug-likeness (QED) is 0.817. The van der Waals surface area contributed by atoms with Crippen LogP contribution in [0.3, 0.4) is 0 Å². The van der Waals surface area contributed by atoms with Crippen molar-refractivity contribution in [2.75, 3.05) is 19.6 Å². The summed E-state index contributed by atoms with van der Waals surface area (Å²) in [6.07, 6.45) is 8.45. The third kappa shape index (κ3) is 3.52. The van der Waals surface area contributed by atoms with E-state index in [1.54, 1.807) is 0 Å². The molecule has 112 valence electrons. The second-order valence-electron chi connectivity index (χ2n) is 7.40. The largest absolute Gasteiger partial charge is 0.312 e. The molecule has 1 N–H and O–H groups in total. The maximum absolute atomic E-state index is 3.78. The van der Waals surface area contributed by atoms with Gasteiger partial charge in [-0.3, -0.25) is 4.90 Å². The van der Waals surface area contributed by atoms with Crippen LogP contribution in [0.5, 0.6) is 0 Å². The molecule has 1 saturated heterocycles. The van der Waals surface area contributed by atoms with E-state index in [9.17, 15) is 0 Å². The second kappa shape index (κ2) is 6.58. The summed E-state index contributed by atoms with van der Waals surface area (Å²) in [5, 5.41) is 3.78. The standard InChI is InChI=1S/C17H34N2/c1-5-7-14-9-12-19(13-10-14)15-8-11-17(3,4)16(15)18-6-2/h14-16,18H,5-13H2,1-4H3. The van der Waals surface area contributed by atoms with E-state index in [1.807, 2.05) is 0 Å². The van der Waals surface area contributed by atoms with Crippen LogP contribution in [-0.2, 0) is 0 Å². The van der Waals surface area contributed by atoms with Crippen molar-refractivity contribution < 1.29 is 0 Å².